The molecule has 0 saturated carbocycles. The average molecular weight is 331 g/mol. The predicted octanol–water partition coefficient (Wildman–Crippen LogP) is 3.64. The van der Waals surface area contributed by atoms with E-state index in [-0.39, 0.29) is 0 Å². The van der Waals surface area contributed by atoms with Crippen LogP contribution in [-0.4, -0.2) is 15.0 Å². The molecule has 0 unspecified atom stereocenters. The minimum atomic E-state index is 0.714. The summed E-state index contributed by atoms with van der Waals surface area (Å²) in [6.45, 7) is 4.10. The Kier molecular flexibility index (Phi) is 3.22. The number of fused-ring (bicyclic) bond motifs is 1. The van der Waals surface area contributed by atoms with Crippen molar-refractivity contribution < 1.29 is 0 Å². The van der Waals surface area contributed by atoms with E-state index in [1.807, 2.05) is 25.1 Å². The molecule has 2 N–H and O–H groups in total. The van der Waals surface area contributed by atoms with E-state index in [2.05, 4.69) is 45.2 Å². The van der Waals surface area contributed by atoms with Crippen LogP contribution in [0.15, 0.2) is 34.8 Å². The molecule has 0 aliphatic rings. The van der Waals surface area contributed by atoms with Gasteiger partial charge in [-0.1, -0.05) is 19.1 Å². The van der Waals surface area contributed by atoms with Gasteiger partial charge in [0.15, 0.2) is 0 Å². The molecule has 102 valence electrons. The molecule has 0 radical (unpaired) electrons. The van der Waals surface area contributed by atoms with Crippen LogP contribution in [0.4, 0.5) is 5.69 Å². The van der Waals surface area contributed by atoms with Crippen LogP contribution in [0, 0.1) is 6.92 Å². The van der Waals surface area contributed by atoms with E-state index in [0.29, 0.717) is 5.69 Å². The van der Waals surface area contributed by atoms with E-state index in [9.17, 15) is 0 Å². The number of hydrogen-bond acceptors (Lipinski definition) is 3. The summed E-state index contributed by atoms with van der Waals surface area (Å²) < 4.78 is 0.857. The Morgan fingerprint density at radius 3 is 2.55 bits per heavy atom. The van der Waals surface area contributed by atoms with E-state index in [1.165, 1.54) is 5.56 Å². The quantitative estimate of drug-likeness (QED) is 0.730. The average Bonchev–Trinajstić information content (AvgIpc) is 2.89. The lowest BCUT2D eigenvalue weighted by atomic mass is 10.1. The Morgan fingerprint density at radius 1 is 1.20 bits per heavy atom. The van der Waals surface area contributed by atoms with E-state index in [1.54, 1.807) is 4.80 Å². The third-order valence-corrected chi connectivity index (χ3v) is 4.15. The molecule has 2 aromatic carbocycles. The maximum Gasteiger partial charge on any atom is 0.118 e. The van der Waals surface area contributed by atoms with Crippen molar-refractivity contribution in [2.45, 2.75) is 20.3 Å². The van der Waals surface area contributed by atoms with Gasteiger partial charge >= 0.3 is 0 Å². The molecule has 3 aromatic rings. The zero-order valence-corrected chi connectivity index (χ0v) is 13.0. The minimum absolute atomic E-state index is 0.714. The van der Waals surface area contributed by atoms with Crippen LogP contribution in [0.2, 0.25) is 0 Å². The summed E-state index contributed by atoms with van der Waals surface area (Å²) in [6, 6.07) is 10.2. The summed E-state index contributed by atoms with van der Waals surface area (Å²) in [7, 11) is 0. The van der Waals surface area contributed by atoms with Crippen molar-refractivity contribution in [3.05, 3.63) is 45.9 Å². The smallest absolute Gasteiger partial charge is 0.118 e. The van der Waals surface area contributed by atoms with Crippen LogP contribution >= 0.6 is 15.9 Å². The number of halogens is 1. The highest BCUT2D eigenvalue weighted by Crippen LogP contribution is 2.29. The van der Waals surface area contributed by atoms with E-state index in [0.717, 1.165) is 33.2 Å². The molecule has 0 spiro atoms. The van der Waals surface area contributed by atoms with E-state index in [4.69, 9.17) is 5.73 Å². The fraction of sp³-hybridized carbons (Fsp3) is 0.200. The van der Waals surface area contributed by atoms with Crippen molar-refractivity contribution in [2.75, 3.05) is 5.73 Å². The number of hydrogen-bond donors (Lipinski definition) is 1. The number of anilines is 1. The van der Waals surface area contributed by atoms with Gasteiger partial charge < -0.3 is 5.73 Å². The molecular weight excluding hydrogens is 316 g/mol. The maximum absolute atomic E-state index is 6.01. The van der Waals surface area contributed by atoms with Gasteiger partial charge in [0.05, 0.1) is 11.4 Å². The maximum atomic E-state index is 6.01. The van der Waals surface area contributed by atoms with Gasteiger partial charge in [-0.25, -0.2) is 0 Å². The highest BCUT2D eigenvalue weighted by Gasteiger charge is 2.11. The fourth-order valence-electron chi connectivity index (χ4n) is 2.17. The molecule has 5 heteroatoms. The monoisotopic (exact) mass is 330 g/mol. The lowest BCUT2D eigenvalue weighted by Gasteiger charge is -2.01. The molecular formula is C15H15BrN4. The van der Waals surface area contributed by atoms with E-state index < -0.39 is 0 Å². The lowest BCUT2D eigenvalue weighted by Crippen LogP contribution is -1.98. The Hall–Kier alpha value is -1.88. The third kappa shape index (κ3) is 2.08. The summed E-state index contributed by atoms with van der Waals surface area (Å²) in [5.74, 6) is 0. The standard InChI is InChI=1S/C15H15BrN4/c1-3-10-4-6-11(7-5-10)20-18-13-8-12(16)14(17)9(2)15(13)19-20/h4-8H,3,17H2,1-2H3. The van der Waals surface area contributed by atoms with Crippen LogP contribution in [0.5, 0.6) is 0 Å². The highest BCUT2D eigenvalue weighted by molar-refractivity contribution is 9.10. The Balaban J connectivity index is 2.15. The summed E-state index contributed by atoms with van der Waals surface area (Å²) in [4.78, 5) is 1.66. The van der Waals surface area contributed by atoms with Gasteiger partial charge in [0.1, 0.15) is 11.0 Å². The van der Waals surface area contributed by atoms with Gasteiger partial charge in [-0.15, -0.1) is 10.2 Å². The molecule has 0 bridgehead atoms. The zero-order chi connectivity index (χ0) is 14.3. The SMILES string of the molecule is CCc1ccc(-n2nc3cc(Br)c(N)c(C)c3n2)cc1. The molecule has 20 heavy (non-hydrogen) atoms. The zero-order valence-electron chi connectivity index (χ0n) is 11.4. The van der Waals surface area contributed by atoms with E-state index >= 15 is 0 Å². The van der Waals surface area contributed by atoms with Gasteiger partial charge in [0.25, 0.3) is 0 Å². The van der Waals surface area contributed by atoms with Crippen molar-refractivity contribution in [2.24, 2.45) is 0 Å². The fourth-order valence-corrected chi connectivity index (χ4v) is 2.68. The van der Waals surface area contributed by atoms with Crippen molar-refractivity contribution in [1.29, 1.82) is 0 Å². The number of rotatable bonds is 2. The van der Waals surface area contributed by atoms with Crippen molar-refractivity contribution in [3.8, 4) is 5.69 Å². The minimum Gasteiger partial charge on any atom is -0.398 e. The Labute approximate surface area is 125 Å². The number of aryl methyl sites for hydroxylation is 2. The summed E-state index contributed by atoms with van der Waals surface area (Å²) >= 11 is 3.45. The van der Waals surface area contributed by atoms with Crippen LogP contribution in [0.1, 0.15) is 18.1 Å². The molecule has 0 fully saturated rings. The number of nitrogens with zero attached hydrogens (tertiary/aromatic N) is 3. The molecule has 4 nitrogen and oxygen atoms in total. The van der Waals surface area contributed by atoms with Crippen molar-refractivity contribution in [3.63, 3.8) is 0 Å². The topological polar surface area (TPSA) is 56.7 Å². The lowest BCUT2D eigenvalue weighted by molar-refractivity contribution is 0.764. The van der Waals surface area contributed by atoms with Gasteiger partial charge in [-0.05, 0) is 53.0 Å². The van der Waals surface area contributed by atoms with Crippen LogP contribution < -0.4 is 5.73 Å². The van der Waals surface area contributed by atoms with Crippen LogP contribution in [-0.2, 0) is 6.42 Å². The Morgan fingerprint density at radius 2 is 1.90 bits per heavy atom. The molecule has 0 amide bonds. The van der Waals surface area contributed by atoms with Gasteiger partial charge in [-0.3, -0.25) is 0 Å². The highest BCUT2D eigenvalue weighted by atomic mass is 79.9. The molecule has 1 heterocycles. The second kappa shape index (κ2) is 4.90. The number of benzene rings is 2. The Bertz CT molecular complexity index is 775. The molecule has 0 saturated heterocycles. The largest absolute Gasteiger partial charge is 0.398 e. The summed E-state index contributed by atoms with van der Waals surface area (Å²) in [5.41, 5.74) is 11.6. The normalized spacial score (nSPS) is 11.2. The predicted molar refractivity (Wildman–Crippen MR) is 85.1 cm³/mol. The second-order valence-corrected chi connectivity index (χ2v) is 5.63. The molecule has 1 aromatic heterocycles. The van der Waals surface area contributed by atoms with Gasteiger partial charge in [0, 0.05) is 10.0 Å². The van der Waals surface area contributed by atoms with Gasteiger partial charge in [0.2, 0.25) is 0 Å². The molecule has 0 aliphatic carbocycles. The van der Waals surface area contributed by atoms with Crippen molar-refractivity contribution in [1.82, 2.24) is 15.0 Å². The first-order valence-corrected chi connectivity index (χ1v) is 7.30. The van der Waals surface area contributed by atoms with Gasteiger partial charge in [-0.2, -0.15) is 4.80 Å². The summed E-state index contributed by atoms with van der Waals surface area (Å²) in [5, 5.41) is 9.07. The molecule has 0 atom stereocenters. The number of aromatic nitrogens is 3. The van der Waals surface area contributed by atoms with Crippen molar-refractivity contribution >= 4 is 32.7 Å². The number of nitrogens with two attached hydrogens (primary N) is 1. The first kappa shape index (κ1) is 13.1. The second-order valence-electron chi connectivity index (χ2n) is 4.77. The molecule has 3 rings (SSSR count). The third-order valence-electron chi connectivity index (χ3n) is 3.50. The van der Waals surface area contributed by atoms with Crippen LogP contribution in [0.3, 0.4) is 0 Å². The summed E-state index contributed by atoms with van der Waals surface area (Å²) in [6.07, 6.45) is 1.03. The number of nitrogen functional groups attached to an aromatic ring is 1. The molecule has 0 aliphatic heterocycles. The van der Waals surface area contributed by atoms with Crippen LogP contribution in [0.25, 0.3) is 16.7 Å². The first-order valence-electron chi connectivity index (χ1n) is 6.51. The first-order chi connectivity index (χ1) is 9.60.